The number of thiophene rings is 1. The lowest BCUT2D eigenvalue weighted by molar-refractivity contribution is 0.0677. The van der Waals surface area contributed by atoms with Crippen LogP contribution in [0.5, 0.6) is 0 Å². The molecule has 18 heavy (non-hydrogen) atoms. The summed E-state index contributed by atoms with van der Waals surface area (Å²) < 4.78 is 0. The number of guanidine groups is 1. The molecule has 0 saturated carbocycles. The molecule has 0 aromatic carbocycles. The van der Waals surface area contributed by atoms with E-state index in [1.54, 1.807) is 18.3 Å². The molecular formula is C12H22IN3OS. The van der Waals surface area contributed by atoms with E-state index in [4.69, 9.17) is 5.73 Å². The highest BCUT2D eigenvalue weighted by Crippen LogP contribution is 2.22. The maximum Gasteiger partial charge on any atom is 0.188 e. The van der Waals surface area contributed by atoms with Crippen molar-refractivity contribution >= 4 is 41.3 Å². The zero-order valence-corrected chi connectivity index (χ0v) is 14.2. The first-order valence-electron chi connectivity index (χ1n) is 5.77. The van der Waals surface area contributed by atoms with E-state index in [1.807, 2.05) is 23.8 Å². The largest absolute Gasteiger partial charge is 0.383 e. The van der Waals surface area contributed by atoms with Gasteiger partial charge < -0.3 is 16.2 Å². The third-order valence-corrected chi connectivity index (χ3v) is 3.39. The van der Waals surface area contributed by atoms with Crippen LogP contribution in [0.3, 0.4) is 0 Å². The molecular weight excluding hydrogens is 361 g/mol. The monoisotopic (exact) mass is 383 g/mol. The normalized spacial score (nSPS) is 16.6. The standard InChI is InChI=1S/C12H21N3OS.HI/c1-4-9(2)15-11(13)14-8-12(3,16)10-5-6-17-7-10;/h5-7,9,16H,4,8H2,1-3H3,(H3,13,14,15);1H. The lowest BCUT2D eigenvalue weighted by Crippen LogP contribution is -2.39. The van der Waals surface area contributed by atoms with Crippen LogP contribution in [0.1, 0.15) is 32.8 Å². The predicted octanol–water partition coefficient (Wildman–Crippen LogP) is 2.28. The molecule has 1 rings (SSSR count). The smallest absolute Gasteiger partial charge is 0.188 e. The molecule has 0 amide bonds. The first kappa shape index (κ1) is 17.7. The fourth-order valence-electron chi connectivity index (χ4n) is 1.30. The van der Waals surface area contributed by atoms with Crippen molar-refractivity contribution in [2.45, 2.75) is 38.8 Å². The molecule has 0 aliphatic heterocycles. The molecule has 0 aliphatic rings. The Hall–Kier alpha value is -0.340. The van der Waals surface area contributed by atoms with Crippen molar-refractivity contribution in [1.82, 2.24) is 5.32 Å². The molecule has 1 heterocycles. The highest BCUT2D eigenvalue weighted by Gasteiger charge is 2.23. The van der Waals surface area contributed by atoms with Gasteiger partial charge in [-0.05, 0) is 42.7 Å². The second-order valence-corrected chi connectivity index (χ2v) is 5.22. The van der Waals surface area contributed by atoms with E-state index in [0.717, 1.165) is 12.0 Å². The van der Waals surface area contributed by atoms with Crippen molar-refractivity contribution in [3.8, 4) is 0 Å². The Morgan fingerprint density at radius 3 is 2.83 bits per heavy atom. The van der Waals surface area contributed by atoms with E-state index in [9.17, 15) is 5.11 Å². The van der Waals surface area contributed by atoms with Crippen LogP contribution >= 0.6 is 35.3 Å². The SMILES string of the molecule is CCC(C)NC(N)=NCC(C)(O)c1ccsc1.I. The van der Waals surface area contributed by atoms with Crippen molar-refractivity contribution in [3.63, 3.8) is 0 Å². The third kappa shape index (κ3) is 5.53. The Balaban J connectivity index is 0.00000289. The number of nitrogens with two attached hydrogens (primary N) is 1. The maximum absolute atomic E-state index is 10.2. The van der Waals surface area contributed by atoms with Crippen molar-refractivity contribution in [3.05, 3.63) is 22.4 Å². The van der Waals surface area contributed by atoms with E-state index >= 15 is 0 Å². The minimum Gasteiger partial charge on any atom is -0.383 e. The summed E-state index contributed by atoms with van der Waals surface area (Å²) in [5, 5.41) is 17.2. The second-order valence-electron chi connectivity index (χ2n) is 4.44. The van der Waals surface area contributed by atoms with Gasteiger partial charge in [0, 0.05) is 6.04 Å². The van der Waals surface area contributed by atoms with E-state index in [-0.39, 0.29) is 30.5 Å². The van der Waals surface area contributed by atoms with Gasteiger partial charge in [-0.25, -0.2) is 0 Å². The summed E-state index contributed by atoms with van der Waals surface area (Å²) in [6.07, 6.45) is 0.983. The van der Waals surface area contributed by atoms with Gasteiger partial charge in [0.25, 0.3) is 0 Å². The minimum absolute atomic E-state index is 0. The van der Waals surface area contributed by atoms with Gasteiger partial charge in [0.05, 0.1) is 6.54 Å². The molecule has 1 aromatic heterocycles. The van der Waals surface area contributed by atoms with Crippen molar-refractivity contribution in [1.29, 1.82) is 0 Å². The Morgan fingerprint density at radius 2 is 2.33 bits per heavy atom. The molecule has 0 bridgehead atoms. The summed E-state index contributed by atoms with van der Waals surface area (Å²) >= 11 is 1.56. The number of nitrogens with one attached hydrogen (secondary N) is 1. The Morgan fingerprint density at radius 1 is 1.67 bits per heavy atom. The molecule has 0 radical (unpaired) electrons. The molecule has 0 fully saturated rings. The van der Waals surface area contributed by atoms with Gasteiger partial charge in [0.1, 0.15) is 5.60 Å². The lowest BCUT2D eigenvalue weighted by Gasteiger charge is -2.20. The summed E-state index contributed by atoms with van der Waals surface area (Å²) in [6.45, 7) is 6.12. The van der Waals surface area contributed by atoms with Gasteiger partial charge in [-0.15, -0.1) is 24.0 Å². The molecule has 4 N–H and O–H groups in total. The molecule has 4 nitrogen and oxygen atoms in total. The average molecular weight is 383 g/mol. The van der Waals surface area contributed by atoms with E-state index in [1.165, 1.54) is 0 Å². The molecule has 2 atom stereocenters. The fraction of sp³-hybridized carbons (Fsp3) is 0.583. The first-order valence-corrected chi connectivity index (χ1v) is 6.71. The number of aliphatic hydroxyl groups is 1. The molecule has 6 heteroatoms. The van der Waals surface area contributed by atoms with Crippen LogP contribution in [0, 0.1) is 0 Å². The topological polar surface area (TPSA) is 70.6 Å². The van der Waals surface area contributed by atoms with Crippen LogP contribution in [-0.2, 0) is 5.60 Å². The summed E-state index contributed by atoms with van der Waals surface area (Å²) in [4.78, 5) is 4.18. The first-order chi connectivity index (χ1) is 7.95. The average Bonchev–Trinajstić information content (AvgIpc) is 2.80. The van der Waals surface area contributed by atoms with Crippen molar-refractivity contribution < 1.29 is 5.11 Å². The summed E-state index contributed by atoms with van der Waals surface area (Å²) in [7, 11) is 0. The van der Waals surface area contributed by atoms with Crippen LogP contribution in [0.15, 0.2) is 21.8 Å². The number of nitrogens with zero attached hydrogens (tertiary/aromatic N) is 1. The van der Waals surface area contributed by atoms with Gasteiger partial charge in [-0.1, -0.05) is 6.92 Å². The predicted molar refractivity (Wildman–Crippen MR) is 88.7 cm³/mol. The van der Waals surface area contributed by atoms with Crippen LogP contribution in [0.4, 0.5) is 0 Å². The zero-order chi connectivity index (χ0) is 12.9. The van der Waals surface area contributed by atoms with Gasteiger partial charge in [0.2, 0.25) is 0 Å². The number of aliphatic imine (C=N–C) groups is 1. The van der Waals surface area contributed by atoms with Gasteiger partial charge in [-0.3, -0.25) is 4.99 Å². The fourth-order valence-corrected chi connectivity index (χ4v) is 2.08. The lowest BCUT2D eigenvalue weighted by atomic mass is 10.00. The quantitative estimate of drug-likeness (QED) is 0.415. The van der Waals surface area contributed by atoms with Gasteiger partial charge in [0.15, 0.2) is 5.96 Å². The Kier molecular flexibility index (Phi) is 7.81. The zero-order valence-electron chi connectivity index (χ0n) is 11.0. The highest BCUT2D eigenvalue weighted by atomic mass is 127. The molecule has 2 unspecified atom stereocenters. The second kappa shape index (κ2) is 7.96. The number of halogens is 1. The Bertz CT molecular complexity index is 365. The highest BCUT2D eigenvalue weighted by molar-refractivity contribution is 14.0. The van der Waals surface area contributed by atoms with Crippen molar-refractivity contribution in [2.24, 2.45) is 10.7 Å². The molecule has 0 aliphatic carbocycles. The minimum atomic E-state index is -0.957. The summed E-state index contributed by atoms with van der Waals surface area (Å²) in [5.74, 6) is 0.384. The molecule has 0 spiro atoms. The summed E-state index contributed by atoms with van der Waals surface area (Å²) in [5.41, 5.74) is 5.66. The van der Waals surface area contributed by atoms with Crippen LogP contribution in [0.25, 0.3) is 0 Å². The maximum atomic E-state index is 10.2. The Labute approximate surface area is 130 Å². The third-order valence-electron chi connectivity index (χ3n) is 2.71. The number of hydrogen-bond acceptors (Lipinski definition) is 3. The van der Waals surface area contributed by atoms with Crippen LogP contribution in [0.2, 0.25) is 0 Å². The number of hydrogen-bond donors (Lipinski definition) is 3. The number of rotatable bonds is 5. The van der Waals surface area contributed by atoms with Gasteiger partial charge in [-0.2, -0.15) is 11.3 Å². The van der Waals surface area contributed by atoms with E-state index < -0.39 is 5.60 Å². The van der Waals surface area contributed by atoms with Gasteiger partial charge >= 0.3 is 0 Å². The summed E-state index contributed by atoms with van der Waals surface area (Å²) in [6, 6.07) is 2.20. The molecule has 0 saturated heterocycles. The van der Waals surface area contributed by atoms with Crippen LogP contribution < -0.4 is 11.1 Å². The van der Waals surface area contributed by atoms with E-state index in [0.29, 0.717) is 12.0 Å². The van der Waals surface area contributed by atoms with E-state index in [2.05, 4.69) is 17.2 Å². The van der Waals surface area contributed by atoms with Crippen molar-refractivity contribution in [2.75, 3.05) is 6.54 Å². The molecule has 104 valence electrons. The molecule has 1 aromatic rings. The van der Waals surface area contributed by atoms with Crippen LogP contribution in [-0.4, -0.2) is 23.7 Å².